The summed E-state index contributed by atoms with van der Waals surface area (Å²) in [5.41, 5.74) is -0.997. The van der Waals surface area contributed by atoms with Crippen molar-refractivity contribution in [1.29, 1.82) is 0 Å². The van der Waals surface area contributed by atoms with Gasteiger partial charge in [-0.15, -0.1) is 0 Å². The number of ether oxygens (including phenoxy) is 1. The molecule has 0 bridgehead atoms. The summed E-state index contributed by atoms with van der Waals surface area (Å²) in [5, 5.41) is 11.3. The highest BCUT2D eigenvalue weighted by Crippen LogP contribution is 2.29. The Hall–Kier alpha value is -2.27. The van der Waals surface area contributed by atoms with Crippen LogP contribution in [0.1, 0.15) is 5.56 Å². The van der Waals surface area contributed by atoms with E-state index in [2.05, 4.69) is 0 Å². The number of hydrogen-bond donors (Lipinski definition) is 0. The van der Waals surface area contributed by atoms with E-state index in [9.17, 15) is 14.9 Å². The lowest BCUT2D eigenvalue weighted by Crippen LogP contribution is -2.47. The lowest BCUT2D eigenvalue weighted by atomic mass is 9.92. The minimum Gasteiger partial charge on any atom is -0.306 e. The Morgan fingerprint density at radius 1 is 1.32 bits per heavy atom. The summed E-state index contributed by atoms with van der Waals surface area (Å²) in [6, 6.07) is 9.12. The molecule has 5 heteroatoms. The maximum atomic E-state index is 11.3. The molecule has 0 radical (unpaired) electrons. The van der Waals surface area contributed by atoms with Gasteiger partial charge in [0.05, 0.1) is 11.5 Å². The van der Waals surface area contributed by atoms with Gasteiger partial charge in [0.25, 0.3) is 0 Å². The Bertz CT molecular complexity index is 524. The van der Waals surface area contributed by atoms with Crippen LogP contribution in [0.3, 0.4) is 0 Å². The molecule has 98 valence electrons. The molecule has 0 fully saturated rings. The summed E-state index contributed by atoms with van der Waals surface area (Å²) in [7, 11) is 0. The molecule has 0 saturated carbocycles. The van der Waals surface area contributed by atoms with E-state index in [1.165, 1.54) is 18.2 Å². The van der Waals surface area contributed by atoms with Crippen molar-refractivity contribution in [2.75, 3.05) is 0 Å². The van der Waals surface area contributed by atoms with E-state index >= 15 is 0 Å². The van der Waals surface area contributed by atoms with Crippen LogP contribution in [-0.4, -0.2) is 16.9 Å². The molecule has 1 aromatic rings. The van der Waals surface area contributed by atoms with Crippen LogP contribution in [0.25, 0.3) is 0 Å². The van der Waals surface area contributed by atoms with Gasteiger partial charge >= 0.3 is 5.72 Å². The first-order chi connectivity index (χ1) is 9.19. The van der Waals surface area contributed by atoms with Crippen LogP contribution in [0.4, 0.5) is 0 Å². The number of carbonyl (C=O) groups is 1. The average Bonchev–Trinajstić information content (AvgIpc) is 2.46. The number of rotatable bonds is 5. The summed E-state index contributed by atoms with van der Waals surface area (Å²) in [4.78, 5) is 21.8. The number of carbonyl (C=O) groups excluding carboxylic acids is 1. The normalized spacial score (nSPS) is 25.2. The van der Waals surface area contributed by atoms with Gasteiger partial charge in [-0.2, -0.15) is 0 Å². The number of nitrogens with zero attached hydrogens (tertiary/aromatic N) is 1. The van der Waals surface area contributed by atoms with Gasteiger partial charge in [0.2, 0.25) is 0 Å². The zero-order valence-corrected chi connectivity index (χ0v) is 10.1. The fourth-order valence-electron chi connectivity index (χ4n) is 1.92. The molecule has 0 amide bonds. The maximum Gasteiger partial charge on any atom is 0.358 e. The third kappa shape index (κ3) is 2.61. The highest BCUT2D eigenvalue weighted by Gasteiger charge is 2.49. The van der Waals surface area contributed by atoms with E-state index < -0.39 is 16.6 Å². The molecule has 1 aliphatic carbocycles. The topological polar surface area (TPSA) is 69.4 Å². The number of nitro groups is 1. The predicted molar refractivity (Wildman–Crippen MR) is 68.8 cm³/mol. The second-order valence-electron chi connectivity index (χ2n) is 4.19. The van der Waals surface area contributed by atoms with Crippen molar-refractivity contribution in [3.05, 3.63) is 70.3 Å². The zero-order valence-electron chi connectivity index (χ0n) is 10.1. The van der Waals surface area contributed by atoms with Crippen LogP contribution in [0.15, 0.2) is 54.6 Å². The zero-order chi connectivity index (χ0) is 13.7. The van der Waals surface area contributed by atoms with Crippen molar-refractivity contribution in [2.45, 2.75) is 12.3 Å². The molecule has 0 N–H and O–H groups in total. The van der Waals surface area contributed by atoms with E-state index in [-0.39, 0.29) is 6.61 Å². The fourth-order valence-corrected chi connectivity index (χ4v) is 1.92. The van der Waals surface area contributed by atoms with Crippen molar-refractivity contribution >= 4 is 6.29 Å². The smallest absolute Gasteiger partial charge is 0.306 e. The quantitative estimate of drug-likeness (QED) is 0.351. The molecule has 0 saturated heterocycles. The van der Waals surface area contributed by atoms with E-state index in [0.29, 0.717) is 6.29 Å². The van der Waals surface area contributed by atoms with E-state index in [4.69, 9.17) is 4.74 Å². The summed E-state index contributed by atoms with van der Waals surface area (Å²) in [6.07, 6.45) is 6.45. The van der Waals surface area contributed by atoms with Crippen molar-refractivity contribution in [1.82, 2.24) is 0 Å². The maximum absolute atomic E-state index is 11.3. The summed E-state index contributed by atoms with van der Waals surface area (Å²) in [6.45, 7) is 0.0737. The Morgan fingerprint density at radius 3 is 2.68 bits per heavy atom. The Labute approximate surface area is 110 Å². The molecule has 2 atom stereocenters. The molecule has 1 aliphatic rings. The molecule has 0 aliphatic heterocycles. The van der Waals surface area contributed by atoms with Crippen LogP contribution in [0.5, 0.6) is 0 Å². The molecule has 0 heterocycles. The number of aldehydes is 1. The highest BCUT2D eigenvalue weighted by atomic mass is 16.7. The van der Waals surface area contributed by atoms with Crippen LogP contribution in [0.2, 0.25) is 0 Å². The second-order valence-corrected chi connectivity index (χ2v) is 4.19. The summed E-state index contributed by atoms with van der Waals surface area (Å²) >= 11 is 0. The van der Waals surface area contributed by atoms with Crippen LogP contribution < -0.4 is 0 Å². The minimum atomic E-state index is -1.81. The standard InChI is InChI=1S/C14H13NO4/c16-10-13-8-4-5-9-14(13,15(17)18)19-11-12-6-2-1-3-7-12/h1-10,13H,11H2. The van der Waals surface area contributed by atoms with Gasteiger partial charge in [-0.05, 0) is 5.56 Å². The van der Waals surface area contributed by atoms with Crippen molar-refractivity contribution in [3.63, 3.8) is 0 Å². The number of hydrogen-bond acceptors (Lipinski definition) is 4. The van der Waals surface area contributed by atoms with Crippen molar-refractivity contribution in [3.8, 4) is 0 Å². The third-order valence-corrected chi connectivity index (χ3v) is 2.99. The predicted octanol–water partition coefficient (Wildman–Crippen LogP) is 2.12. The highest BCUT2D eigenvalue weighted by molar-refractivity contribution is 5.60. The molecule has 19 heavy (non-hydrogen) atoms. The van der Waals surface area contributed by atoms with Gasteiger partial charge in [0.1, 0.15) is 12.2 Å². The number of allylic oxidation sites excluding steroid dienone is 2. The molecule has 0 aromatic heterocycles. The van der Waals surface area contributed by atoms with Gasteiger partial charge in [-0.3, -0.25) is 10.1 Å². The molecule has 1 aromatic carbocycles. The van der Waals surface area contributed by atoms with Gasteiger partial charge in [-0.1, -0.05) is 48.6 Å². The lowest BCUT2D eigenvalue weighted by Gasteiger charge is -2.27. The largest absolute Gasteiger partial charge is 0.358 e. The van der Waals surface area contributed by atoms with Gasteiger partial charge in [-0.25, -0.2) is 0 Å². The van der Waals surface area contributed by atoms with E-state index in [1.54, 1.807) is 6.08 Å². The van der Waals surface area contributed by atoms with E-state index in [0.717, 1.165) is 5.56 Å². The first-order valence-electron chi connectivity index (χ1n) is 5.83. The Morgan fingerprint density at radius 2 is 2.05 bits per heavy atom. The Balaban J connectivity index is 2.21. The minimum absolute atomic E-state index is 0.0737. The fraction of sp³-hybridized carbons (Fsp3) is 0.214. The molecule has 2 rings (SSSR count). The summed E-state index contributed by atoms with van der Waals surface area (Å²) in [5.74, 6) is -0.920. The molecular formula is C14H13NO4. The van der Waals surface area contributed by atoms with Crippen LogP contribution >= 0.6 is 0 Å². The molecular weight excluding hydrogens is 246 g/mol. The van der Waals surface area contributed by atoms with Crippen molar-refractivity contribution < 1.29 is 14.5 Å². The SMILES string of the molecule is O=CC1C=CC=CC1(OCc1ccccc1)[N+](=O)[O-]. The average molecular weight is 259 g/mol. The summed E-state index contributed by atoms with van der Waals surface area (Å²) < 4.78 is 5.45. The third-order valence-electron chi connectivity index (χ3n) is 2.99. The molecule has 5 nitrogen and oxygen atoms in total. The molecule has 2 unspecified atom stereocenters. The Kier molecular flexibility index (Phi) is 3.87. The van der Waals surface area contributed by atoms with Gasteiger partial charge in [0.15, 0.2) is 0 Å². The van der Waals surface area contributed by atoms with Crippen LogP contribution in [-0.2, 0) is 16.1 Å². The molecule has 0 spiro atoms. The van der Waals surface area contributed by atoms with E-state index in [1.807, 2.05) is 30.3 Å². The first-order valence-corrected chi connectivity index (χ1v) is 5.83. The lowest BCUT2D eigenvalue weighted by molar-refractivity contribution is -0.620. The van der Waals surface area contributed by atoms with Gasteiger partial charge in [0, 0.05) is 6.08 Å². The van der Waals surface area contributed by atoms with Crippen molar-refractivity contribution in [2.24, 2.45) is 5.92 Å². The van der Waals surface area contributed by atoms with Gasteiger partial charge < -0.3 is 9.53 Å². The monoisotopic (exact) mass is 259 g/mol. The second kappa shape index (κ2) is 5.58. The van der Waals surface area contributed by atoms with Crippen LogP contribution in [0, 0.1) is 16.0 Å². The first kappa shape index (κ1) is 13.2. The number of benzene rings is 1.